The SMILES string of the molecule is Cc1cc(C(=O)Nc2ccc(I)cc2C(=O)O)ccc1O. The Kier molecular flexibility index (Phi) is 4.46. The van der Waals surface area contributed by atoms with E-state index in [4.69, 9.17) is 5.11 Å². The van der Waals surface area contributed by atoms with Gasteiger partial charge in [0.25, 0.3) is 5.91 Å². The number of aromatic hydroxyl groups is 1. The lowest BCUT2D eigenvalue weighted by molar-refractivity contribution is 0.0698. The smallest absolute Gasteiger partial charge is 0.337 e. The van der Waals surface area contributed by atoms with Crippen LogP contribution in [-0.4, -0.2) is 22.1 Å². The normalized spacial score (nSPS) is 10.2. The Labute approximate surface area is 134 Å². The number of rotatable bonds is 3. The van der Waals surface area contributed by atoms with Crippen molar-refractivity contribution in [1.29, 1.82) is 0 Å². The fraction of sp³-hybridized carbons (Fsp3) is 0.0667. The van der Waals surface area contributed by atoms with Crippen LogP contribution in [0.15, 0.2) is 36.4 Å². The number of benzene rings is 2. The van der Waals surface area contributed by atoms with Crippen LogP contribution in [0.2, 0.25) is 0 Å². The highest BCUT2D eigenvalue weighted by Crippen LogP contribution is 2.21. The number of anilines is 1. The van der Waals surface area contributed by atoms with Gasteiger partial charge in [-0.25, -0.2) is 4.79 Å². The maximum absolute atomic E-state index is 12.1. The highest BCUT2D eigenvalue weighted by atomic mass is 127. The maximum atomic E-state index is 12.1. The van der Waals surface area contributed by atoms with Crippen LogP contribution in [0.1, 0.15) is 26.3 Å². The molecule has 0 fully saturated rings. The van der Waals surface area contributed by atoms with Gasteiger partial charge in [-0.2, -0.15) is 0 Å². The van der Waals surface area contributed by atoms with E-state index in [0.29, 0.717) is 11.1 Å². The Bertz CT molecular complexity index is 728. The van der Waals surface area contributed by atoms with E-state index in [2.05, 4.69) is 5.32 Å². The van der Waals surface area contributed by atoms with E-state index in [9.17, 15) is 14.7 Å². The van der Waals surface area contributed by atoms with Crippen molar-refractivity contribution < 1.29 is 19.8 Å². The van der Waals surface area contributed by atoms with Gasteiger partial charge in [-0.3, -0.25) is 4.79 Å². The lowest BCUT2D eigenvalue weighted by Crippen LogP contribution is -2.15. The largest absolute Gasteiger partial charge is 0.508 e. The molecule has 0 aliphatic carbocycles. The quantitative estimate of drug-likeness (QED) is 0.695. The molecule has 2 aromatic rings. The molecular weight excluding hydrogens is 385 g/mol. The molecule has 2 rings (SSSR count). The summed E-state index contributed by atoms with van der Waals surface area (Å²) in [5, 5.41) is 21.2. The Balaban J connectivity index is 2.31. The first-order valence-electron chi connectivity index (χ1n) is 6.02. The van der Waals surface area contributed by atoms with E-state index in [1.165, 1.54) is 24.3 Å². The van der Waals surface area contributed by atoms with E-state index in [-0.39, 0.29) is 17.0 Å². The summed E-state index contributed by atoms with van der Waals surface area (Å²) in [6.45, 7) is 1.68. The van der Waals surface area contributed by atoms with Crippen molar-refractivity contribution >= 4 is 40.2 Å². The number of phenolic OH excluding ortho intramolecular Hbond substituents is 1. The number of carboxylic acid groups (broad SMARTS) is 1. The second kappa shape index (κ2) is 6.13. The summed E-state index contributed by atoms with van der Waals surface area (Å²) in [7, 11) is 0. The molecule has 0 saturated heterocycles. The monoisotopic (exact) mass is 397 g/mol. The molecule has 1 amide bonds. The van der Waals surface area contributed by atoms with Crippen LogP contribution in [0.5, 0.6) is 5.75 Å². The molecule has 0 unspecified atom stereocenters. The van der Waals surface area contributed by atoms with Crippen LogP contribution >= 0.6 is 22.6 Å². The van der Waals surface area contributed by atoms with Gasteiger partial charge in [0.15, 0.2) is 0 Å². The predicted octanol–water partition coefficient (Wildman–Crippen LogP) is 3.26. The number of carboxylic acids is 1. The summed E-state index contributed by atoms with van der Waals surface area (Å²) in [6.07, 6.45) is 0. The molecule has 0 aromatic heterocycles. The van der Waals surface area contributed by atoms with Gasteiger partial charge in [-0.15, -0.1) is 0 Å². The van der Waals surface area contributed by atoms with Crippen molar-refractivity contribution in [3.63, 3.8) is 0 Å². The van der Waals surface area contributed by atoms with E-state index in [1.807, 2.05) is 22.6 Å². The van der Waals surface area contributed by atoms with Gasteiger partial charge in [0.05, 0.1) is 11.3 Å². The number of carbonyl (C=O) groups is 2. The Morgan fingerprint density at radius 2 is 1.86 bits per heavy atom. The van der Waals surface area contributed by atoms with Gasteiger partial charge in [0.2, 0.25) is 0 Å². The van der Waals surface area contributed by atoms with Crippen LogP contribution in [0.4, 0.5) is 5.69 Å². The standard InChI is InChI=1S/C15H12INO4/c1-8-6-9(2-5-13(8)18)14(19)17-12-4-3-10(16)7-11(12)15(20)21/h2-7,18H,1H3,(H,17,19)(H,20,21). The summed E-state index contributed by atoms with van der Waals surface area (Å²) in [6, 6.07) is 9.19. The van der Waals surface area contributed by atoms with Crippen LogP contribution in [0.25, 0.3) is 0 Å². The first-order chi connectivity index (χ1) is 9.88. The van der Waals surface area contributed by atoms with Crippen LogP contribution in [0, 0.1) is 10.5 Å². The zero-order chi connectivity index (χ0) is 15.6. The Morgan fingerprint density at radius 1 is 1.14 bits per heavy atom. The minimum atomic E-state index is -1.11. The minimum Gasteiger partial charge on any atom is -0.508 e. The highest BCUT2D eigenvalue weighted by Gasteiger charge is 2.14. The van der Waals surface area contributed by atoms with Gasteiger partial charge >= 0.3 is 5.97 Å². The highest BCUT2D eigenvalue weighted by molar-refractivity contribution is 14.1. The van der Waals surface area contributed by atoms with Gasteiger partial charge in [0, 0.05) is 9.13 Å². The van der Waals surface area contributed by atoms with E-state index >= 15 is 0 Å². The average Bonchev–Trinajstić information content (AvgIpc) is 2.43. The topological polar surface area (TPSA) is 86.6 Å². The van der Waals surface area contributed by atoms with Gasteiger partial charge in [-0.05, 0) is 71.5 Å². The summed E-state index contributed by atoms with van der Waals surface area (Å²) >= 11 is 2.00. The molecule has 0 aliphatic heterocycles. The van der Waals surface area contributed by atoms with Gasteiger partial charge < -0.3 is 15.5 Å². The Morgan fingerprint density at radius 3 is 2.48 bits per heavy atom. The van der Waals surface area contributed by atoms with E-state index in [0.717, 1.165) is 3.57 Å². The molecule has 0 atom stereocenters. The summed E-state index contributed by atoms with van der Waals surface area (Å²) < 4.78 is 0.767. The van der Waals surface area contributed by atoms with E-state index < -0.39 is 11.9 Å². The number of phenols is 1. The third-order valence-corrected chi connectivity index (χ3v) is 3.59. The minimum absolute atomic E-state index is 0.0331. The number of carbonyl (C=O) groups excluding carboxylic acids is 1. The van der Waals surface area contributed by atoms with Crippen molar-refractivity contribution in [1.82, 2.24) is 0 Å². The molecule has 5 nitrogen and oxygen atoms in total. The number of amides is 1. The molecule has 3 N–H and O–H groups in total. The number of hydrogen-bond donors (Lipinski definition) is 3. The number of hydrogen-bond acceptors (Lipinski definition) is 3. The second-order valence-electron chi connectivity index (χ2n) is 4.45. The van der Waals surface area contributed by atoms with E-state index in [1.54, 1.807) is 19.1 Å². The molecule has 0 saturated carbocycles. The molecule has 108 valence electrons. The molecule has 0 bridgehead atoms. The second-order valence-corrected chi connectivity index (χ2v) is 5.70. The molecule has 0 heterocycles. The molecule has 2 aromatic carbocycles. The van der Waals surface area contributed by atoms with Crippen LogP contribution in [-0.2, 0) is 0 Å². The predicted molar refractivity (Wildman–Crippen MR) is 86.9 cm³/mol. The number of halogens is 1. The summed E-state index contributed by atoms with van der Waals surface area (Å²) in [5.74, 6) is -1.43. The fourth-order valence-corrected chi connectivity index (χ4v) is 2.28. The molecule has 21 heavy (non-hydrogen) atoms. The summed E-state index contributed by atoms with van der Waals surface area (Å²) in [5.41, 5.74) is 1.19. The number of aryl methyl sites for hydroxylation is 1. The summed E-state index contributed by atoms with van der Waals surface area (Å²) in [4.78, 5) is 23.4. The number of nitrogens with one attached hydrogen (secondary N) is 1. The van der Waals surface area contributed by atoms with Crippen molar-refractivity contribution in [3.8, 4) is 5.75 Å². The molecule has 6 heteroatoms. The van der Waals surface area contributed by atoms with Crippen LogP contribution in [0.3, 0.4) is 0 Å². The van der Waals surface area contributed by atoms with Crippen molar-refractivity contribution in [3.05, 3.63) is 56.7 Å². The first kappa shape index (κ1) is 15.3. The molecular formula is C15H12INO4. The van der Waals surface area contributed by atoms with Gasteiger partial charge in [-0.1, -0.05) is 0 Å². The third-order valence-electron chi connectivity index (χ3n) is 2.92. The molecule has 0 radical (unpaired) electrons. The maximum Gasteiger partial charge on any atom is 0.337 e. The average molecular weight is 397 g/mol. The van der Waals surface area contributed by atoms with Crippen molar-refractivity contribution in [2.45, 2.75) is 6.92 Å². The lowest BCUT2D eigenvalue weighted by Gasteiger charge is -2.10. The van der Waals surface area contributed by atoms with Gasteiger partial charge in [0.1, 0.15) is 5.75 Å². The number of aromatic carboxylic acids is 1. The third kappa shape index (κ3) is 3.52. The molecule has 0 spiro atoms. The van der Waals surface area contributed by atoms with Crippen molar-refractivity contribution in [2.24, 2.45) is 0 Å². The zero-order valence-electron chi connectivity index (χ0n) is 11.1. The Hall–Kier alpha value is -2.09. The zero-order valence-corrected chi connectivity index (χ0v) is 13.2. The lowest BCUT2D eigenvalue weighted by atomic mass is 10.1. The van der Waals surface area contributed by atoms with Crippen LogP contribution < -0.4 is 5.32 Å². The molecule has 0 aliphatic rings. The first-order valence-corrected chi connectivity index (χ1v) is 7.10. The van der Waals surface area contributed by atoms with Crippen molar-refractivity contribution in [2.75, 3.05) is 5.32 Å². The fourth-order valence-electron chi connectivity index (χ4n) is 1.79.